The molecule has 2 heterocycles. The second-order valence-electron chi connectivity index (χ2n) is 6.57. The predicted octanol–water partition coefficient (Wildman–Crippen LogP) is 1.07. The lowest BCUT2D eigenvalue weighted by Gasteiger charge is -2.50. The molecule has 1 aliphatic carbocycles. The van der Waals surface area contributed by atoms with Gasteiger partial charge < -0.3 is 15.0 Å². The third kappa shape index (κ3) is 2.22. The van der Waals surface area contributed by atoms with E-state index in [9.17, 15) is 9.59 Å². The Morgan fingerprint density at radius 3 is 2.50 bits per heavy atom. The largest absolute Gasteiger partial charge is 0.381 e. The van der Waals surface area contributed by atoms with Crippen LogP contribution in [0.1, 0.15) is 46.0 Å². The van der Waals surface area contributed by atoms with Crippen molar-refractivity contribution in [3.05, 3.63) is 0 Å². The van der Waals surface area contributed by atoms with Gasteiger partial charge in [0.25, 0.3) is 0 Å². The summed E-state index contributed by atoms with van der Waals surface area (Å²) in [7, 11) is 0. The molecule has 0 spiro atoms. The number of piperazine rings is 1. The van der Waals surface area contributed by atoms with Crippen LogP contribution in [0.15, 0.2) is 0 Å². The van der Waals surface area contributed by atoms with Crippen LogP contribution in [0.4, 0.5) is 0 Å². The van der Waals surface area contributed by atoms with E-state index in [1.165, 1.54) is 0 Å². The fourth-order valence-electron chi connectivity index (χ4n) is 3.54. The number of carbonyl (C=O) groups is 2. The van der Waals surface area contributed by atoms with Gasteiger partial charge >= 0.3 is 0 Å². The topological polar surface area (TPSA) is 58.6 Å². The number of hydrogen-bond donors (Lipinski definition) is 1. The van der Waals surface area contributed by atoms with Crippen molar-refractivity contribution < 1.29 is 14.3 Å². The molecule has 2 saturated heterocycles. The molecule has 5 nitrogen and oxygen atoms in total. The minimum Gasteiger partial charge on any atom is -0.381 e. The Morgan fingerprint density at radius 1 is 1.30 bits per heavy atom. The number of nitrogens with zero attached hydrogens (tertiary/aromatic N) is 1. The van der Waals surface area contributed by atoms with Crippen molar-refractivity contribution in [2.45, 2.75) is 63.6 Å². The molecule has 112 valence electrons. The summed E-state index contributed by atoms with van der Waals surface area (Å²) in [5.41, 5.74) is -0.235. The molecule has 0 bridgehead atoms. The van der Waals surface area contributed by atoms with Gasteiger partial charge in [-0.05, 0) is 44.9 Å². The molecule has 0 aromatic rings. The van der Waals surface area contributed by atoms with Crippen molar-refractivity contribution in [2.24, 2.45) is 5.92 Å². The van der Waals surface area contributed by atoms with Gasteiger partial charge in [0.2, 0.25) is 11.8 Å². The van der Waals surface area contributed by atoms with E-state index < -0.39 is 0 Å². The van der Waals surface area contributed by atoms with Crippen LogP contribution >= 0.6 is 0 Å². The minimum atomic E-state index is -0.319. The van der Waals surface area contributed by atoms with E-state index in [0.29, 0.717) is 25.6 Å². The Hall–Kier alpha value is -1.10. The van der Waals surface area contributed by atoms with E-state index in [-0.39, 0.29) is 29.4 Å². The van der Waals surface area contributed by atoms with Crippen LogP contribution in [0, 0.1) is 5.92 Å². The molecule has 2 atom stereocenters. The van der Waals surface area contributed by atoms with E-state index >= 15 is 0 Å². The standard InChI is InChI=1S/C15H24N2O3/c1-3-11-13(18)16-12(10-4-5-10)14(19)17(11)15(2)6-8-20-9-7-15/h10-12H,3-9H2,1-2H3,(H,16,18). The number of nitrogens with one attached hydrogen (secondary N) is 1. The summed E-state index contributed by atoms with van der Waals surface area (Å²) in [6, 6.07) is -0.606. The molecule has 3 aliphatic rings. The van der Waals surface area contributed by atoms with Crippen LogP contribution in [-0.2, 0) is 14.3 Å². The van der Waals surface area contributed by atoms with E-state index in [4.69, 9.17) is 4.74 Å². The van der Waals surface area contributed by atoms with Gasteiger partial charge in [-0.25, -0.2) is 0 Å². The Bertz CT molecular complexity index is 413. The molecule has 1 N–H and O–H groups in total. The summed E-state index contributed by atoms with van der Waals surface area (Å²) in [5, 5.41) is 2.95. The predicted molar refractivity (Wildman–Crippen MR) is 74.0 cm³/mol. The highest BCUT2D eigenvalue weighted by Crippen LogP contribution is 2.39. The summed E-state index contributed by atoms with van der Waals surface area (Å²) in [6.45, 7) is 5.43. The van der Waals surface area contributed by atoms with Crippen LogP contribution in [0.25, 0.3) is 0 Å². The molecular weight excluding hydrogens is 256 g/mol. The molecule has 5 heteroatoms. The summed E-state index contributed by atoms with van der Waals surface area (Å²) >= 11 is 0. The first-order chi connectivity index (χ1) is 9.57. The second-order valence-corrected chi connectivity index (χ2v) is 6.57. The number of amides is 2. The summed E-state index contributed by atoms with van der Waals surface area (Å²) in [6.07, 6.45) is 4.42. The maximum atomic E-state index is 12.9. The maximum Gasteiger partial charge on any atom is 0.246 e. The molecule has 0 radical (unpaired) electrons. The number of ether oxygens (including phenoxy) is 1. The third-order valence-corrected chi connectivity index (χ3v) is 5.05. The second kappa shape index (κ2) is 5.02. The third-order valence-electron chi connectivity index (χ3n) is 5.05. The number of rotatable bonds is 3. The fraction of sp³-hybridized carbons (Fsp3) is 0.867. The molecule has 2 aliphatic heterocycles. The zero-order valence-electron chi connectivity index (χ0n) is 12.4. The van der Waals surface area contributed by atoms with Crippen LogP contribution in [0.3, 0.4) is 0 Å². The van der Waals surface area contributed by atoms with Gasteiger partial charge in [0, 0.05) is 18.8 Å². The Kier molecular flexibility index (Phi) is 3.48. The smallest absolute Gasteiger partial charge is 0.246 e. The average molecular weight is 280 g/mol. The van der Waals surface area contributed by atoms with Crippen molar-refractivity contribution in [2.75, 3.05) is 13.2 Å². The fourth-order valence-corrected chi connectivity index (χ4v) is 3.54. The Balaban J connectivity index is 1.89. The molecule has 20 heavy (non-hydrogen) atoms. The average Bonchev–Trinajstić information content (AvgIpc) is 3.25. The molecule has 2 unspecified atom stereocenters. The lowest BCUT2D eigenvalue weighted by atomic mass is 9.85. The molecular formula is C15H24N2O3. The maximum absolute atomic E-state index is 12.9. The van der Waals surface area contributed by atoms with Crippen LogP contribution < -0.4 is 5.32 Å². The van der Waals surface area contributed by atoms with Crippen molar-refractivity contribution in [3.63, 3.8) is 0 Å². The molecule has 0 aromatic carbocycles. The first-order valence-electron chi connectivity index (χ1n) is 7.78. The SMILES string of the molecule is CCC1C(=O)NC(C2CC2)C(=O)N1C1(C)CCOCC1. The molecule has 2 amide bonds. The van der Waals surface area contributed by atoms with Gasteiger partial charge in [-0.3, -0.25) is 9.59 Å². The van der Waals surface area contributed by atoms with Crippen LogP contribution in [0.5, 0.6) is 0 Å². The monoisotopic (exact) mass is 280 g/mol. The van der Waals surface area contributed by atoms with Crippen molar-refractivity contribution in [1.29, 1.82) is 0 Å². The highest BCUT2D eigenvalue weighted by molar-refractivity contribution is 5.97. The normalized spacial score (nSPS) is 34.0. The highest BCUT2D eigenvalue weighted by Gasteiger charge is 2.51. The van der Waals surface area contributed by atoms with Gasteiger partial charge in [-0.1, -0.05) is 6.92 Å². The molecule has 3 rings (SSSR count). The van der Waals surface area contributed by atoms with E-state index in [0.717, 1.165) is 25.7 Å². The molecule has 3 fully saturated rings. The Labute approximate surface area is 120 Å². The molecule has 1 saturated carbocycles. The van der Waals surface area contributed by atoms with Gasteiger partial charge in [0.05, 0.1) is 0 Å². The zero-order chi connectivity index (χ0) is 14.3. The van der Waals surface area contributed by atoms with Gasteiger partial charge in [-0.15, -0.1) is 0 Å². The van der Waals surface area contributed by atoms with Gasteiger partial charge in [0.15, 0.2) is 0 Å². The lowest BCUT2D eigenvalue weighted by Crippen LogP contribution is -2.70. The summed E-state index contributed by atoms with van der Waals surface area (Å²) in [4.78, 5) is 27.2. The first kappa shape index (κ1) is 13.9. The van der Waals surface area contributed by atoms with Gasteiger partial charge in [0.1, 0.15) is 12.1 Å². The van der Waals surface area contributed by atoms with E-state index in [2.05, 4.69) is 12.2 Å². The van der Waals surface area contributed by atoms with Crippen LogP contribution in [0.2, 0.25) is 0 Å². The summed E-state index contributed by atoms with van der Waals surface area (Å²) in [5.74, 6) is 0.510. The van der Waals surface area contributed by atoms with Crippen LogP contribution in [-0.4, -0.2) is 47.6 Å². The van der Waals surface area contributed by atoms with Crippen molar-refractivity contribution in [1.82, 2.24) is 10.2 Å². The number of carbonyl (C=O) groups excluding carboxylic acids is 2. The van der Waals surface area contributed by atoms with Gasteiger partial charge in [-0.2, -0.15) is 0 Å². The van der Waals surface area contributed by atoms with Crippen molar-refractivity contribution in [3.8, 4) is 0 Å². The number of hydrogen-bond acceptors (Lipinski definition) is 3. The van der Waals surface area contributed by atoms with Crippen molar-refractivity contribution >= 4 is 11.8 Å². The zero-order valence-corrected chi connectivity index (χ0v) is 12.4. The van der Waals surface area contributed by atoms with E-state index in [1.54, 1.807) is 0 Å². The quantitative estimate of drug-likeness (QED) is 0.841. The minimum absolute atomic E-state index is 0.0247. The molecule has 0 aromatic heterocycles. The van der Waals surface area contributed by atoms with E-state index in [1.807, 2.05) is 11.8 Å². The highest BCUT2D eigenvalue weighted by atomic mass is 16.5. The summed E-state index contributed by atoms with van der Waals surface area (Å²) < 4.78 is 5.43. The Morgan fingerprint density at radius 2 is 1.95 bits per heavy atom. The first-order valence-corrected chi connectivity index (χ1v) is 7.78. The lowest BCUT2D eigenvalue weighted by molar-refractivity contribution is -0.161.